The van der Waals surface area contributed by atoms with Crippen molar-refractivity contribution < 1.29 is 32.9 Å². The second kappa shape index (κ2) is 12.4. The number of hydrogen-bond acceptors (Lipinski definition) is 6. The zero-order valence-corrected chi connectivity index (χ0v) is 22.6. The maximum Gasteiger partial charge on any atom is 0.251 e. The zero-order valence-electron chi connectivity index (χ0n) is 22.6. The van der Waals surface area contributed by atoms with Crippen LogP contribution in [0.5, 0.6) is 23.0 Å². The molecule has 1 atom stereocenters. The summed E-state index contributed by atoms with van der Waals surface area (Å²) in [6.45, 7) is -0.102. The molecule has 8 nitrogen and oxygen atoms in total. The Bertz CT molecular complexity index is 1540. The van der Waals surface area contributed by atoms with Crippen LogP contribution in [0.1, 0.15) is 22.7 Å². The van der Waals surface area contributed by atoms with Crippen molar-refractivity contribution in [2.24, 2.45) is 0 Å². The second-order valence-electron chi connectivity index (χ2n) is 9.35. The monoisotopic (exact) mass is 556 g/mol. The summed E-state index contributed by atoms with van der Waals surface area (Å²) >= 11 is 0. The Hall–Kier alpha value is -5.05. The molecule has 4 aromatic rings. The fraction of sp³-hybridized carbons (Fsp3) is 0.188. The normalized spacial score (nSPS) is 12.4. The lowest BCUT2D eigenvalue weighted by molar-refractivity contribution is -0.139. The van der Waals surface area contributed by atoms with E-state index < -0.39 is 17.8 Å². The number of hydrogen-bond donors (Lipinski definition) is 1. The molecule has 0 unspecified atom stereocenters. The van der Waals surface area contributed by atoms with Crippen molar-refractivity contribution in [3.63, 3.8) is 0 Å². The molecule has 0 aromatic heterocycles. The molecule has 0 fully saturated rings. The fourth-order valence-electron chi connectivity index (χ4n) is 4.66. The molecule has 0 saturated heterocycles. The Kier molecular flexibility index (Phi) is 8.34. The van der Waals surface area contributed by atoms with E-state index in [2.05, 4.69) is 5.32 Å². The fourth-order valence-corrected chi connectivity index (χ4v) is 4.66. The van der Waals surface area contributed by atoms with E-state index in [4.69, 9.17) is 18.9 Å². The molecule has 2 amide bonds. The van der Waals surface area contributed by atoms with Crippen LogP contribution in [0.3, 0.4) is 0 Å². The van der Waals surface area contributed by atoms with E-state index in [9.17, 15) is 14.0 Å². The number of anilines is 1. The van der Waals surface area contributed by atoms with Gasteiger partial charge in [0, 0.05) is 18.2 Å². The number of nitrogens with zero attached hydrogens (tertiary/aromatic N) is 1. The number of halogens is 1. The van der Waals surface area contributed by atoms with Gasteiger partial charge in [-0.25, -0.2) is 4.39 Å². The van der Waals surface area contributed by atoms with Crippen molar-refractivity contribution in [1.82, 2.24) is 4.90 Å². The van der Waals surface area contributed by atoms with Crippen molar-refractivity contribution in [3.8, 4) is 23.0 Å². The lowest BCUT2D eigenvalue weighted by Crippen LogP contribution is -2.42. The molecule has 1 aliphatic heterocycles. The lowest BCUT2D eigenvalue weighted by Gasteiger charge is -2.32. The highest BCUT2D eigenvalue weighted by Gasteiger charge is 2.34. The van der Waals surface area contributed by atoms with Gasteiger partial charge in [-0.2, -0.15) is 0 Å². The van der Waals surface area contributed by atoms with Gasteiger partial charge in [-0.3, -0.25) is 9.59 Å². The summed E-state index contributed by atoms with van der Waals surface area (Å²) in [4.78, 5) is 29.5. The molecule has 0 saturated carbocycles. The predicted molar refractivity (Wildman–Crippen MR) is 151 cm³/mol. The van der Waals surface area contributed by atoms with Crippen molar-refractivity contribution in [1.29, 1.82) is 0 Å². The molecule has 0 aliphatic carbocycles. The molecular weight excluding hydrogens is 527 g/mol. The van der Waals surface area contributed by atoms with E-state index in [1.165, 1.54) is 25.2 Å². The number of amides is 2. The predicted octanol–water partition coefficient (Wildman–Crippen LogP) is 5.52. The van der Waals surface area contributed by atoms with Crippen LogP contribution in [0.4, 0.5) is 10.1 Å². The molecule has 0 bridgehead atoms. The molecular formula is C32H29FN2O6. The van der Waals surface area contributed by atoms with Gasteiger partial charge in [0.15, 0.2) is 11.5 Å². The van der Waals surface area contributed by atoms with Crippen LogP contribution in [-0.4, -0.2) is 37.7 Å². The van der Waals surface area contributed by atoms with Crippen molar-refractivity contribution in [3.05, 3.63) is 114 Å². The van der Waals surface area contributed by atoms with Crippen LogP contribution < -0.4 is 24.3 Å². The third-order valence-electron chi connectivity index (χ3n) is 6.76. The molecule has 41 heavy (non-hydrogen) atoms. The van der Waals surface area contributed by atoms with Crippen LogP contribution in [0.15, 0.2) is 91.0 Å². The van der Waals surface area contributed by atoms with Crippen molar-refractivity contribution in [2.45, 2.75) is 19.0 Å². The molecule has 1 N–H and O–H groups in total. The Morgan fingerprint density at radius 3 is 2.41 bits per heavy atom. The van der Waals surface area contributed by atoms with Gasteiger partial charge < -0.3 is 29.2 Å². The molecule has 0 spiro atoms. The summed E-state index contributed by atoms with van der Waals surface area (Å²) in [6.07, 6.45) is 0.00941. The summed E-state index contributed by atoms with van der Waals surface area (Å²) in [7, 11) is 3.01. The third-order valence-corrected chi connectivity index (χ3v) is 6.76. The molecule has 210 valence electrons. The first-order valence-corrected chi connectivity index (χ1v) is 13.0. The van der Waals surface area contributed by atoms with E-state index in [0.29, 0.717) is 34.2 Å². The minimum absolute atomic E-state index is 0.00941. The average Bonchev–Trinajstić information content (AvgIpc) is 3.46. The highest BCUT2D eigenvalue weighted by Crippen LogP contribution is 2.37. The maximum atomic E-state index is 14.9. The minimum atomic E-state index is -1.16. The van der Waals surface area contributed by atoms with E-state index in [0.717, 1.165) is 5.56 Å². The number of rotatable bonds is 10. The average molecular weight is 557 g/mol. The summed E-state index contributed by atoms with van der Waals surface area (Å²) in [5.74, 6) is 0.533. The molecule has 5 rings (SSSR count). The number of carbonyl (C=O) groups excluding carboxylic acids is 2. The Morgan fingerprint density at radius 2 is 1.66 bits per heavy atom. The largest absolute Gasteiger partial charge is 0.497 e. The highest BCUT2D eigenvalue weighted by atomic mass is 19.1. The first-order chi connectivity index (χ1) is 20.0. The van der Waals surface area contributed by atoms with Gasteiger partial charge in [-0.05, 0) is 41.5 Å². The van der Waals surface area contributed by atoms with Gasteiger partial charge in [0.2, 0.25) is 12.7 Å². The van der Waals surface area contributed by atoms with E-state index in [-0.39, 0.29) is 31.2 Å². The van der Waals surface area contributed by atoms with E-state index in [1.807, 2.05) is 30.3 Å². The van der Waals surface area contributed by atoms with Crippen LogP contribution >= 0.6 is 0 Å². The van der Waals surface area contributed by atoms with Crippen LogP contribution in [0.2, 0.25) is 0 Å². The summed E-state index contributed by atoms with van der Waals surface area (Å²) in [6, 6.07) is 24.3. The Balaban J connectivity index is 1.58. The second-order valence-corrected chi connectivity index (χ2v) is 9.35. The van der Waals surface area contributed by atoms with E-state index >= 15 is 0 Å². The maximum absolute atomic E-state index is 14.9. The van der Waals surface area contributed by atoms with Gasteiger partial charge >= 0.3 is 0 Å². The number of ether oxygens (including phenoxy) is 4. The number of nitrogens with one attached hydrogen (secondary N) is 1. The highest BCUT2D eigenvalue weighted by molar-refractivity contribution is 5.99. The van der Waals surface area contributed by atoms with Gasteiger partial charge in [-0.1, -0.05) is 54.6 Å². The summed E-state index contributed by atoms with van der Waals surface area (Å²) in [5, 5.41) is 2.90. The topological polar surface area (TPSA) is 86.3 Å². The number of fused-ring (bicyclic) bond motifs is 1. The molecule has 9 heteroatoms. The van der Waals surface area contributed by atoms with Crippen molar-refractivity contribution in [2.75, 3.05) is 26.3 Å². The van der Waals surface area contributed by atoms with Crippen LogP contribution in [0, 0.1) is 5.82 Å². The van der Waals surface area contributed by atoms with Crippen LogP contribution in [0.25, 0.3) is 0 Å². The third kappa shape index (κ3) is 6.24. The number of benzene rings is 4. The van der Waals surface area contributed by atoms with Gasteiger partial charge in [0.05, 0.1) is 26.3 Å². The molecule has 4 aromatic carbocycles. The first kappa shape index (κ1) is 27.5. The van der Waals surface area contributed by atoms with E-state index in [1.54, 1.807) is 54.6 Å². The Labute approximate surface area is 237 Å². The SMILES string of the molecule is COc1ccc(NC(=O)[C@@H](c2ccc3c(c2)OCO3)N(Cc2ccccc2F)C(=O)Cc2ccccc2)c(OC)c1. The Morgan fingerprint density at radius 1 is 0.902 bits per heavy atom. The molecule has 0 radical (unpaired) electrons. The zero-order chi connectivity index (χ0) is 28.8. The summed E-state index contributed by atoms with van der Waals surface area (Å²) < 4.78 is 36.7. The van der Waals surface area contributed by atoms with Crippen LogP contribution in [-0.2, 0) is 22.6 Å². The minimum Gasteiger partial charge on any atom is -0.497 e. The van der Waals surface area contributed by atoms with Gasteiger partial charge in [0.25, 0.3) is 5.91 Å². The van der Waals surface area contributed by atoms with Crippen molar-refractivity contribution >= 4 is 17.5 Å². The quantitative estimate of drug-likeness (QED) is 0.277. The smallest absolute Gasteiger partial charge is 0.251 e. The van der Waals surface area contributed by atoms with Gasteiger partial charge in [0.1, 0.15) is 23.4 Å². The molecule has 1 heterocycles. The molecule has 1 aliphatic rings. The van der Waals surface area contributed by atoms with Gasteiger partial charge in [-0.15, -0.1) is 0 Å². The standard InChI is InChI=1S/C32H29FN2O6/c1-38-24-13-14-26(28(18-24)39-2)34-32(37)31(22-12-15-27-29(17-22)41-20-40-27)35(19-23-10-6-7-11-25(23)33)30(36)16-21-8-4-3-5-9-21/h3-15,17-18,31H,16,19-20H2,1-2H3,(H,34,37)/t31-/m1/s1. The number of methoxy groups -OCH3 is 2. The number of carbonyl (C=O) groups is 2. The first-order valence-electron chi connectivity index (χ1n) is 13.0. The summed E-state index contributed by atoms with van der Waals surface area (Å²) in [5.41, 5.74) is 1.88. The lowest BCUT2D eigenvalue weighted by atomic mass is 10.0.